The van der Waals surface area contributed by atoms with Gasteiger partial charge in [-0.3, -0.25) is 0 Å². The standard InChI is InChI=1S/C12H15BrOS/c13-10-3-5-12(6-4-10)15-9-7-11-2-1-8-14-11/h3-6,11H,1-2,7-9H2. The first-order chi connectivity index (χ1) is 7.34. The van der Waals surface area contributed by atoms with Gasteiger partial charge in [0.2, 0.25) is 0 Å². The highest BCUT2D eigenvalue weighted by Crippen LogP contribution is 2.24. The average molecular weight is 287 g/mol. The van der Waals surface area contributed by atoms with E-state index in [4.69, 9.17) is 4.74 Å². The van der Waals surface area contributed by atoms with Gasteiger partial charge < -0.3 is 4.74 Å². The topological polar surface area (TPSA) is 9.23 Å². The fraction of sp³-hybridized carbons (Fsp3) is 0.500. The van der Waals surface area contributed by atoms with E-state index in [1.165, 1.54) is 24.2 Å². The van der Waals surface area contributed by atoms with E-state index in [-0.39, 0.29) is 0 Å². The van der Waals surface area contributed by atoms with Crippen molar-refractivity contribution < 1.29 is 4.74 Å². The van der Waals surface area contributed by atoms with Crippen molar-refractivity contribution in [3.8, 4) is 0 Å². The van der Waals surface area contributed by atoms with Gasteiger partial charge in [-0.15, -0.1) is 11.8 Å². The molecule has 1 atom stereocenters. The molecule has 0 radical (unpaired) electrons. The maximum atomic E-state index is 5.59. The van der Waals surface area contributed by atoms with Gasteiger partial charge in [0.1, 0.15) is 0 Å². The van der Waals surface area contributed by atoms with Crippen LogP contribution in [0.5, 0.6) is 0 Å². The molecule has 1 aliphatic rings. The Morgan fingerprint density at radius 1 is 1.33 bits per heavy atom. The summed E-state index contributed by atoms with van der Waals surface area (Å²) in [6.07, 6.45) is 4.20. The Bertz CT molecular complexity index is 293. The third-order valence-corrected chi connectivity index (χ3v) is 4.12. The highest BCUT2D eigenvalue weighted by atomic mass is 79.9. The minimum Gasteiger partial charge on any atom is -0.378 e. The smallest absolute Gasteiger partial charge is 0.0584 e. The Morgan fingerprint density at radius 3 is 2.80 bits per heavy atom. The van der Waals surface area contributed by atoms with Gasteiger partial charge >= 0.3 is 0 Å². The summed E-state index contributed by atoms with van der Waals surface area (Å²) in [6, 6.07) is 8.50. The number of ether oxygens (including phenoxy) is 1. The van der Waals surface area contributed by atoms with E-state index in [0.717, 1.165) is 16.8 Å². The van der Waals surface area contributed by atoms with Crippen molar-refractivity contribution in [1.29, 1.82) is 0 Å². The summed E-state index contributed by atoms with van der Waals surface area (Å²) < 4.78 is 6.73. The molecule has 0 aliphatic carbocycles. The highest BCUT2D eigenvalue weighted by Gasteiger charge is 2.14. The van der Waals surface area contributed by atoms with E-state index in [1.807, 2.05) is 11.8 Å². The first kappa shape index (κ1) is 11.5. The van der Waals surface area contributed by atoms with E-state index in [1.54, 1.807) is 0 Å². The average Bonchev–Trinajstić information content (AvgIpc) is 2.74. The lowest BCUT2D eigenvalue weighted by Gasteiger charge is -2.08. The Labute approximate surface area is 104 Å². The van der Waals surface area contributed by atoms with Crippen LogP contribution in [-0.2, 0) is 4.74 Å². The largest absolute Gasteiger partial charge is 0.378 e. The Balaban J connectivity index is 1.71. The predicted octanol–water partition coefficient (Wildman–Crippen LogP) is 4.11. The molecule has 0 aromatic heterocycles. The summed E-state index contributed by atoms with van der Waals surface area (Å²) in [6.45, 7) is 0.966. The third-order valence-electron chi connectivity index (χ3n) is 2.55. The van der Waals surface area contributed by atoms with Crippen LogP contribution in [0.4, 0.5) is 0 Å². The molecule has 0 bridgehead atoms. The molecular formula is C12H15BrOS. The maximum Gasteiger partial charge on any atom is 0.0584 e. The van der Waals surface area contributed by atoms with Crippen LogP contribution in [0.3, 0.4) is 0 Å². The lowest BCUT2D eigenvalue weighted by molar-refractivity contribution is 0.109. The summed E-state index contributed by atoms with van der Waals surface area (Å²) in [4.78, 5) is 1.34. The van der Waals surface area contributed by atoms with E-state index in [0.29, 0.717) is 6.10 Å². The van der Waals surface area contributed by atoms with E-state index in [9.17, 15) is 0 Å². The Morgan fingerprint density at radius 2 is 2.13 bits per heavy atom. The summed E-state index contributed by atoms with van der Waals surface area (Å²) >= 11 is 5.35. The fourth-order valence-electron chi connectivity index (χ4n) is 1.71. The van der Waals surface area contributed by atoms with Crippen LogP contribution in [0.2, 0.25) is 0 Å². The van der Waals surface area contributed by atoms with Crippen molar-refractivity contribution in [2.24, 2.45) is 0 Å². The molecule has 0 spiro atoms. The molecule has 0 amide bonds. The van der Waals surface area contributed by atoms with Crippen molar-refractivity contribution in [1.82, 2.24) is 0 Å². The van der Waals surface area contributed by atoms with Crippen LogP contribution in [0.1, 0.15) is 19.3 Å². The van der Waals surface area contributed by atoms with Gasteiger partial charge in [-0.05, 0) is 43.5 Å². The Kier molecular flexibility index (Phi) is 4.54. The zero-order valence-corrected chi connectivity index (χ0v) is 11.0. The molecule has 1 unspecified atom stereocenters. The predicted molar refractivity (Wildman–Crippen MR) is 68.5 cm³/mol. The van der Waals surface area contributed by atoms with E-state index in [2.05, 4.69) is 40.2 Å². The lowest BCUT2D eigenvalue weighted by atomic mass is 10.2. The van der Waals surface area contributed by atoms with Crippen LogP contribution in [0.15, 0.2) is 33.6 Å². The Hall–Kier alpha value is 0.01000. The van der Waals surface area contributed by atoms with Crippen LogP contribution in [0, 0.1) is 0 Å². The van der Waals surface area contributed by atoms with E-state index < -0.39 is 0 Å². The third kappa shape index (κ3) is 3.82. The molecular weight excluding hydrogens is 272 g/mol. The van der Waals surface area contributed by atoms with Gasteiger partial charge in [-0.25, -0.2) is 0 Å². The highest BCUT2D eigenvalue weighted by molar-refractivity contribution is 9.10. The monoisotopic (exact) mass is 286 g/mol. The van der Waals surface area contributed by atoms with Crippen molar-refractivity contribution >= 4 is 27.7 Å². The molecule has 82 valence electrons. The quantitative estimate of drug-likeness (QED) is 0.771. The summed E-state index contributed by atoms with van der Waals surface area (Å²) in [5.74, 6) is 1.16. The SMILES string of the molecule is Brc1ccc(SCCC2CCCO2)cc1. The first-order valence-electron chi connectivity index (χ1n) is 5.34. The zero-order valence-electron chi connectivity index (χ0n) is 8.62. The molecule has 1 fully saturated rings. The zero-order chi connectivity index (χ0) is 10.5. The molecule has 0 N–H and O–H groups in total. The number of hydrogen-bond acceptors (Lipinski definition) is 2. The molecule has 15 heavy (non-hydrogen) atoms. The van der Waals surface area contributed by atoms with Crippen LogP contribution in [-0.4, -0.2) is 18.5 Å². The lowest BCUT2D eigenvalue weighted by Crippen LogP contribution is -2.05. The molecule has 1 aromatic rings. The normalized spacial score (nSPS) is 20.7. The van der Waals surface area contributed by atoms with Crippen LogP contribution in [0.25, 0.3) is 0 Å². The number of hydrogen-bond donors (Lipinski definition) is 0. The van der Waals surface area contributed by atoms with Gasteiger partial charge in [0.05, 0.1) is 6.10 Å². The minimum absolute atomic E-state index is 0.521. The van der Waals surface area contributed by atoms with Crippen LogP contribution < -0.4 is 0 Å². The number of halogens is 1. The van der Waals surface area contributed by atoms with Gasteiger partial charge in [0.15, 0.2) is 0 Å². The minimum atomic E-state index is 0.521. The first-order valence-corrected chi connectivity index (χ1v) is 7.12. The van der Waals surface area contributed by atoms with Crippen molar-refractivity contribution in [2.75, 3.05) is 12.4 Å². The van der Waals surface area contributed by atoms with Gasteiger partial charge in [-0.2, -0.15) is 0 Å². The molecule has 2 rings (SSSR count). The summed E-state index contributed by atoms with van der Waals surface area (Å²) in [5.41, 5.74) is 0. The van der Waals surface area contributed by atoms with Gasteiger partial charge in [0, 0.05) is 21.7 Å². The fourth-order valence-corrected chi connectivity index (χ4v) is 2.92. The number of rotatable bonds is 4. The number of benzene rings is 1. The summed E-state index contributed by atoms with van der Waals surface area (Å²) in [7, 11) is 0. The van der Waals surface area contributed by atoms with E-state index >= 15 is 0 Å². The molecule has 1 aliphatic heterocycles. The second kappa shape index (κ2) is 5.92. The molecule has 0 saturated carbocycles. The molecule has 1 heterocycles. The molecule has 1 aromatic carbocycles. The van der Waals surface area contributed by atoms with Crippen LogP contribution >= 0.6 is 27.7 Å². The molecule has 3 heteroatoms. The second-order valence-corrected chi connectivity index (χ2v) is 5.81. The molecule has 1 nitrogen and oxygen atoms in total. The van der Waals surface area contributed by atoms with Crippen molar-refractivity contribution in [3.05, 3.63) is 28.7 Å². The van der Waals surface area contributed by atoms with Crippen molar-refractivity contribution in [2.45, 2.75) is 30.3 Å². The van der Waals surface area contributed by atoms with Gasteiger partial charge in [-0.1, -0.05) is 15.9 Å². The number of thioether (sulfide) groups is 1. The summed E-state index contributed by atoms with van der Waals surface area (Å²) in [5, 5.41) is 0. The van der Waals surface area contributed by atoms with Crippen molar-refractivity contribution in [3.63, 3.8) is 0 Å². The maximum absolute atomic E-state index is 5.59. The molecule has 1 saturated heterocycles. The second-order valence-electron chi connectivity index (χ2n) is 3.73. The van der Waals surface area contributed by atoms with Gasteiger partial charge in [0.25, 0.3) is 0 Å².